The van der Waals surface area contributed by atoms with Gasteiger partial charge in [0, 0.05) is 57.8 Å². The molecule has 2 rings (SSSR count). The summed E-state index contributed by atoms with van der Waals surface area (Å²) in [6, 6.07) is 4.76. The molecular formula is C31H51N3O7. The van der Waals surface area contributed by atoms with Crippen LogP contribution in [0.5, 0.6) is 11.5 Å². The summed E-state index contributed by atoms with van der Waals surface area (Å²) < 4.78 is 22.2. The van der Waals surface area contributed by atoms with Crippen LogP contribution in [0.2, 0.25) is 0 Å². The molecule has 1 aromatic carbocycles. The van der Waals surface area contributed by atoms with E-state index >= 15 is 0 Å². The van der Waals surface area contributed by atoms with Crippen molar-refractivity contribution < 1.29 is 33.3 Å². The molecule has 0 saturated carbocycles. The molecule has 1 fully saturated rings. The Morgan fingerprint density at radius 2 is 1.76 bits per heavy atom. The number of methoxy groups -OCH3 is 2. The van der Waals surface area contributed by atoms with Crippen LogP contribution in [0.1, 0.15) is 78.1 Å². The maximum absolute atomic E-state index is 14.0. The van der Waals surface area contributed by atoms with Crippen molar-refractivity contribution in [1.82, 2.24) is 15.1 Å². The van der Waals surface area contributed by atoms with Crippen LogP contribution in [0.15, 0.2) is 18.2 Å². The fourth-order valence-electron chi connectivity index (χ4n) is 4.98. The zero-order valence-electron chi connectivity index (χ0n) is 26.5. The summed E-state index contributed by atoms with van der Waals surface area (Å²) in [5, 5.41) is 3.03. The van der Waals surface area contributed by atoms with Gasteiger partial charge in [-0.2, -0.15) is 0 Å². The summed E-state index contributed by atoms with van der Waals surface area (Å²) in [7, 11) is 3.20. The third-order valence-electron chi connectivity index (χ3n) is 6.69. The maximum atomic E-state index is 14.0. The molecule has 41 heavy (non-hydrogen) atoms. The van der Waals surface area contributed by atoms with Gasteiger partial charge in [-0.3, -0.25) is 9.59 Å². The van der Waals surface area contributed by atoms with Crippen molar-refractivity contribution in [3.8, 4) is 11.5 Å². The van der Waals surface area contributed by atoms with Gasteiger partial charge in [0.05, 0.1) is 19.8 Å². The first-order chi connectivity index (χ1) is 19.2. The van der Waals surface area contributed by atoms with Gasteiger partial charge in [0.25, 0.3) is 5.91 Å². The predicted octanol–water partition coefficient (Wildman–Crippen LogP) is 4.75. The summed E-state index contributed by atoms with van der Waals surface area (Å²) in [5.41, 5.74) is -0.182. The molecule has 1 heterocycles. The molecule has 1 N–H and O–H groups in total. The van der Waals surface area contributed by atoms with Crippen LogP contribution in [-0.4, -0.2) is 92.5 Å². The second-order valence-corrected chi connectivity index (χ2v) is 12.4. The highest BCUT2D eigenvalue weighted by Crippen LogP contribution is 2.31. The lowest BCUT2D eigenvalue weighted by molar-refractivity contribution is -0.122. The van der Waals surface area contributed by atoms with Gasteiger partial charge in [0.15, 0.2) is 11.5 Å². The highest BCUT2D eigenvalue weighted by atomic mass is 16.6. The summed E-state index contributed by atoms with van der Waals surface area (Å²) in [6.45, 7) is 15.6. The van der Waals surface area contributed by atoms with Crippen LogP contribution in [0, 0.1) is 11.8 Å². The SMILES string of the molecule is COCCCOc1cc(C(=O)N(C(C)C)C2C[C@H](CNC(=O)CC(C)C)CN(C(=O)OC(C)(C)C)C2)ccc1OC. The average molecular weight is 578 g/mol. The number of benzene rings is 1. The predicted molar refractivity (Wildman–Crippen MR) is 158 cm³/mol. The van der Waals surface area contributed by atoms with Gasteiger partial charge in [-0.1, -0.05) is 13.8 Å². The van der Waals surface area contributed by atoms with Gasteiger partial charge in [-0.25, -0.2) is 4.79 Å². The van der Waals surface area contributed by atoms with Crippen LogP contribution in [0.3, 0.4) is 0 Å². The largest absolute Gasteiger partial charge is 0.493 e. The molecule has 0 aliphatic carbocycles. The molecule has 0 aromatic heterocycles. The third kappa shape index (κ3) is 11.1. The Balaban J connectivity index is 2.32. The topological polar surface area (TPSA) is 107 Å². The van der Waals surface area contributed by atoms with Crippen molar-refractivity contribution in [1.29, 1.82) is 0 Å². The Morgan fingerprint density at radius 3 is 2.34 bits per heavy atom. The molecule has 3 amide bonds. The van der Waals surface area contributed by atoms with E-state index < -0.39 is 11.7 Å². The second kappa shape index (κ2) is 15.8. The Bertz CT molecular complexity index is 1010. The number of piperidine rings is 1. The molecule has 10 nitrogen and oxygen atoms in total. The van der Waals surface area contributed by atoms with Crippen LogP contribution >= 0.6 is 0 Å². The van der Waals surface area contributed by atoms with Crippen molar-refractivity contribution in [2.24, 2.45) is 11.8 Å². The normalized spacial score (nSPS) is 17.4. The van der Waals surface area contributed by atoms with Gasteiger partial charge in [-0.15, -0.1) is 0 Å². The molecule has 1 saturated heterocycles. The van der Waals surface area contributed by atoms with Gasteiger partial charge >= 0.3 is 6.09 Å². The number of carbonyl (C=O) groups is 3. The molecule has 1 aromatic rings. The molecular weight excluding hydrogens is 526 g/mol. The Kier molecular flexibility index (Phi) is 13.2. The van der Waals surface area contributed by atoms with Crippen molar-refractivity contribution >= 4 is 17.9 Å². The van der Waals surface area contributed by atoms with E-state index in [9.17, 15) is 14.4 Å². The number of nitrogens with one attached hydrogen (secondary N) is 1. The molecule has 0 bridgehead atoms. The van der Waals surface area contributed by atoms with E-state index in [1.165, 1.54) is 0 Å². The number of rotatable bonds is 13. The minimum absolute atomic E-state index is 0.0148. The highest BCUT2D eigenvalue weighted by molar-refractivity contribution is 5.95. The number of nitrogens with zero attached hydrogens (tertiary/aromatic N) is 2. The van der Waals surface area contributed by atoms with E-state index in [-0.39, 0.29) is 35.7 Å². The maximum Gasteiger partial charge on any atom is 0.410 e. The van der Waals surface area contributed by atoms with E-state index in [2.05, 4.69) is 5.32 Å². The van der Waals surface area contributed by atoms with E-state index in [0.717, 1.165) is 0 Å². The molecule has 232 valence electrons. The average Bonchev–Trinajstić information content (AvgIpc) is 2.88. The van der Waals surface area contributed by atoms with Crippen LogP contribution in [0.4, 0.5) is 4.79 Å². The highest BCUT2D eigenvalue weighted by Gasteiger charge is 2.38. The Hall–Kier alpha value is -3.01. The van der Waals surface area contributed by atoms with Gasteiger partial charge in [0.2, 0.25) is 5.91 Å². The first kappa shape index (κ1) is 34.2. The first-order valence-corrected chi connectivity index (χ1v) is 14.6. The fourth-order valence-corrected chi connectivity index (χ4v) is 4.98. The lowest BCUT2D eigenvalue weighted by Gasteiger charge is -2.44. The van der Waals surface area contributed by atoms with E-state index in [0.29, 0.717) is 69.2 Å². The summed E-state index contributed by atoms with van der Waals surface area (Å²) >= 11 is 0. The molecule has 1 aliphatic heterocycles. The van der Waals surface area contributed by atoms with Crippen molar-refractivity contribution in [3.05, 3.63) is 23.8 Å². The summed E-state index contributed by atoms with van der Waals surface area (Å²) in [6.07, 6.45) is 1.36. The van der Waals surface area contributed by atoms with Crippen LogP contribution in [-0.2, 0) is 14.3 Å². The Labute approximate surface area is 246 Å². The molecule has 0 radical (unpaired) electrons. The Morgan fingerprint density at radius 1 is 1.05 bits per heavy atom. The third-order valence-corrected chi connectivity index (χ3v) is 6.69. The molecule has 10 heteroatoms. The quantitative estimate of drug-likeness (QED) is 0.337. The van der Waals surface area contributed by atoms with Crippen molar-refractivity contribution in [3.63, 3.8) is 0 Å². The smallest absolute Gasteiger partial charge is 0.410 e. The lowest BCUT2D eigenvalue weighted by atomic mass is 9.91. The van der Waals surface area contributed by atoms with Crippen molar-refractivity contribution in [2.45, 2.75) is 85.4 Å². The lowest BCUT2D eigenvalue weighted by Crippen LogP contribution is -2.57. The molecule has 2 atom stereocenters. The minimum atomic E-state index is -0.651. The number of ether oxygens (including phenoxy) is 4. The minimum Gasteiger partial charge on any atom is -0.493 e. The van der Waals surface area contributed by atoms with Gasteiger partial charge < -0.3 is 34.1 Å². The number of likely N-dealkylation sites (tertiary alicyclic amines) is 1. The van der Waals surface area contributed by atoms with E-state index in [1.807, 2.05) is 53.4 Å². The van der Waals surface area contributed by atoms with Crippen LogP contribution < -0.4 is 14.8 Å². The summed E-state index contributed by atoms with van der Waals surface area (Å²) in [5.74, 6) is 1.06. The van der Waals surface area contributed by atoms with Gasteiger partial charge in [-0.05, 0) is 71.1 Å². The number of amides is 3. The molecule has 0 spiro atoms. The number of carbonyl (C=O) groups excluding carboxylic acids is 3. The monoisotopic (exact) mass is 577 g/mol. The van der Waals surface area contributed by atoms with Crippen molar-refractivity contribution in [2.75, 3.05) is 47.1 Å². The number of hydrogen-bond donors (Lipinski definition) is 1. The zero-order valence-corrected chi connectivity index (χ0v) is 26.5. The molecule has 1 aliphatic rings. The molecule has 1 unspecified atom stereocenters. The first-order valence-electron chi connectivity index (χ1n) is 14.6. The van der Waals surface area contributed by atoms with E-state index in [1.54, 1.807) is 37.3 Å². The van der Waals surface area contributed by atoms with E-state index in [4.69, 9.17) is 18.9 Å². The standard InChI is InChI=1S/C31H51N3O7/c1-21(2)15-28(35)32-18-23-16-25(20-33(19-23)30(37)41-31(5,6)7)34(22(3)4)29(36)24-11-12-26(39-9)27(17-24)40-14-10-13-38-8/h11-12,17,21-23,25H,10,13-16,18-20H2,1-9H3,(H,32,35)/t23-,25?/m1/s1. The zero-order chi connectivity index (χ0) is 30.7. The van der Waals surface area contributed by atoms with Gasteiger partial charge in [0.1, 0.15) is 5.60 Å². The second-order valence-electron chi connectivity index (χ2n) is 12.4. The summed E-state index contributed by atoms with van der Waals surface area (Å²) in [4.78, 5) is 43.1. The van der Waals surface area contributed by atoms with Crippen LogP contribution in [0.25, 0.3) is 0 Å². The fraction of sp³-hybridized carbons (Fsp3) is 0.710. The number of hydrogen-bond acceptors (Lipinski definition) is 7.